The summed E-state index contributed by atoms with van der Waals surface area (Å²) in [5.74, 6) is 0.370. The van der Waals surface area contributed by atoms with Gasteiger partial charge in [-0.2, -0.15) is 4.98 Å². The summed E-state index contributed by atoms with van der Waals surface area (Å²) in [7, 11) is 0. The minimum Gasteiger partial charge on any atom is -0.481 e. The molecule has 1 aromatic rings. The van der Waals surface area contributed by atoms with Crippen molar-refractivity contribution in [2.75, 3.05) is 13.1 Å². The number of aryl methyl sites for hydroxylation is 1. The van der Waals surface area contributed by atoms with Gasteiger partial charge in [0.25, 0.3) is 0 Å². The highest BCUT2D eigenvalue weighted by molar-refractivity contribution is 5.73. The van der Waals surface area contributed by atoms with Crippen LogP contribution < -0.4 is 5.32 Å². The Morgan fingerprint density at radius 3 is 2.75 bits per heavy atom. The molecular weight excluding hydrogens is 210 g/mol. The average molecular weight is 227 g/mol. The molecule has 16 heavy (non-hydrogen) atoms. The molecule has 1 rings (SSSR count). The van der Waals surface area contributed by atoms with E-state index in [1.165, 1.54) is 0 Å². The monoisotopic (exact) mass is 227 g/mol. The maximum Gasteiger partial charge on any atom is 0.310 e. The smallest absolute Gasteiger partial charge is 0.310 e. The van der Waals surface area contributed by atoms with Crippen LogP contribution in [0.4, 0.5) is 0 Å². The van der Waals surface area contributed by atoms with Crippen LogP contribution in [0.1, 0.15) is 25.6 Å². The molecule has 1 aromatic heterocycles. The summed E-state index contributed by atoms with van der Waals surface area (Å²) in [5, 5.41) is 15.7. The standard InChI is InChI=1S/C10H17N3O3/c1-7-12-8(13-16-7)4-5-11-6-10(2,3)9(14)15/h11H,4-6H2,1-3H3,(H,14,15). The lowest BCUT2D eigenvalue weighted by atomic mass is 9.94. The van der Waals surface area contributed by atoms with Crippen molar-refractivity contribution in [3.05, 3.63) is 11.7 Å². The molecule has 6 nitrogen and oxygen atoms in total. The van der Waals surface area contributed by atoms with Gasteiger partial charge in [-0.05, 0) is 13.8 Å². The molecule has 90 valence electrons. The van der Waals surface area contributed by atoms with Crippen molar-refractivity contribution in [1.29, 1.82) is 0 Å². The number of carboxylic acids is 1. The van der Waals surface area contributed by atoms with Gasteiger partial charge >= 0.3 is 5.97 Å². The topological polar surface area (TPSA) is 88.2 Å². The Hall–Kier alpha value is -1.43. The van der Waals surface area contributed by atoms with Crippen LogP contribution in [-0.2, 0) is 11.2 Å². The molecule has 0 bridgehead atoms. The molecule has 0 spiro atoms. The Bertz CT molecular complexity index is 360. The van der Waals surface area contributed by atoms with E-state index in [1.807, 2.05) is 0 Å². The van der Waals surface area contributed by atoms with E-state index in [9.17, 15) is 4.79 Å². The van der Waals surface area contributed by atoms with Gasteiger partial charge in [0.2, 0.25) is 5.89 Å². The summed E-state index contributed by atoms with van der Waals surface area (Å²) in [5.41, 5.74) is -0.757. The fraction of sp³-hybridized carbons (Fsp3) is 0.700. The molecule has 0 radical (unpaired) electrons. The third-order valence-electron chi connectivity index (χ3n) is 2.24. The molecule has 0 saturated carbocycles. The molecule has 6 heteroatoms. The number of carbonyl (C=O) groups is 1. The minimum atomic E-state index is -0.810. The second kappa shape index (κ2) is 5.07. The van der Waals surface area contributed by atoms with E-state index in [1.54, 1.807) is 20.8 Å². The van der Waals surface area contributed by atoms with E-state index < -0.39 is 11.4 Å². The van der Waals surface area contributed by atoms with Crippen LogP contribution in [0.2, 0.25) is 0 Å². The van der Waals surface area contributed by atoms with Gasteiger partial charge in [0.1, 0.15) is 0 Å². The highest BCUT2D eigenvalue weighted by Crippen LogP contribution is 2.12. The van der Waals surface area contributed by atoms with Gasteiger partial charge in [0, 0.05) is 26.4 Å². The summed E-state index contributed by atoms with van der Waals surface area (Å²) in [6.07, 6.45) is 0.632. The molecule has 0 saturated heterocycles. The molecule has 0 aliphatic rings. The normalized spacial score (nSPS) is 11.7. The van der Waals surface area contributed by atoms with Crippen LogP contribution in [0, 0.1) is 12.3 Å². The first-order valence-corrected chi connectivity index (χ1v) is 5.15. The maximum absolute atomic E-state index is 10.8. The van der Waals surface area contributed by atoms with Crippen molar-refractivity contribution >= 4 is 5.97 Å². The zero-order valence-electron chi connectivity index (χ0n) is 9.78. The Balaban J connectivity index is 2.24. The van der Waals surface area contributed by atoms with Gasteiger partial charge in [-0.3, -0.25) is 4.79 Å². The molecule has 0 aromatic carbocycles. The SMILES string of the molecule is Cc1nc(CCNCC(C)(C)C(=O)O)no1. The first-order valence-electron chi connectivity index (χ1n) is 5.15. The number of carboxylic acid groups (broad SMARTS) is 1. The molecule has 0 fully saturated rings. The fourth-order valence-electron chi connectivity index (χ4n) is 1.12. The van der Waals surface area contributed by atoms with Crippen LogP contribution >= 0.6 is 0 Å². The van der Waals surface area contributed by atoms with Crippen molar-refractivity contribution < 1.29 is 14.4 Å². The van der Waals surface area contributed by atoms with Gasteiger partial charge in [-0.25, -0.2) is 0 Å². The first kappa shape index (κ1) is 12.6. The molecule has 0 amide bonds. The van der Waals surface area contributed by atoms with E-state index >= 15 is 0 Å². The number of aliphatic carboxylic acids is 1. The third-order valence-corrected chi connectivity index (χ3v) is 2.24. The number of rotatable bonds is 6. The number of hydrogen-bond acceptors (Lipinski definition) is 5. The van der Waals surface area contributed by atoms with Crippen molar-refractivity contribution in [2.45, 2.75) is 27.2 Å². The van der Waals surface area contributed by atoms with Gasteiger partial charge in [-0.15, -0.1) is 0 Å². The lowest BCUT2D eigenvalue weighted by Gasteiger charge is -2.19. The van der Waals surface area contributed by atoms with Crippen LogP contribution in [0.5, 0.6) is 0 Å². The zero-order valence-corrected chi connectivity index (χ0v) is 9.78. The van der Waals surface area contributed by atoms with Crippen molar-refractivity contribution in [2.24, 2.45) is 5.41 Å². The predicted molar refractivity (Wildman–Crippen MR) is 57.0 cm³/mol. The van der Waals surface area contributed by atoms with Crippen molar-refractivity contribution in [3.8, 4) is 0 Å². The summed E-state index contributed by atoms with van der Waals surface area (Å²) in [6, 6.07) is 0. The number of aromatic nitrogens is 2. The quantitative estimate of drug-likeness (QED) is 0.693. The van der Waals surface area contributed by atoms with Crippen LogP contribution in [0.25, 0.3) is 0 Å². The third kappa shape index (κ3) is 3.62. The zero-order chi connectivity index (χ0) is 12.2. The second-order valence-corrected chi connectivity index (χ2v) is 4.35. The lowest BCUT2D eigenvalue weighted by Crippen LogP contribution is -2.36. The van der Waals surface area contributed by atoms with Crippen molar-refractivity contribution in [1.82, 2.24) is 15.5 Å². The molecule has 2 N–H and O–H groups in total. The van der Waals surface area contributed by atoms with E-state index in [0.717, 1.165) is 0 Å². The molecule has 0 aliphatic heterocycles. The fourth-order valence-corrected chi connectivity index (χ4v) is 1.12. The average Bonchev–Trinajstić information content (AvgIpc) is 2.59. The summed E-state index contributed by atoms with van der Waals surface area (Å²) in [6.45, 7) is 6.15. The van der Waals surface area contributed by atoms with Gasteiger partial charge in [0.15, 0.2) is 5.82 Å². The second-order valence-electron chi connectivity index (χ2n) is 4.35. The van der Waals surface area contributed by atoms with Gasteiger partial charge in [0.05, 0.1) is 5.41 Å². The lowest BCUT2D eigenvalue weighted by molar-refractivity contribution is -0.146. The maximum atomic E-state index is 10.8. The Morgan fingerprint density at radius 1 is 1.56 bits per heavy atom. The van der Waals surface area contributed by atoms with Crippen molar-refractivity contribution in [3.63, 3.8) is 0 Å². The van der Waals surface area contributed by atoms with E-state index in [4.69, 9.17) is 9.63 Å². The largest absolute Gasteiger partial charge is 0.481 e. The number of nitrogens with zero attached hydrogens (tertiary/aromatic N) is 2. The molecular formula is C10H17N3O3. The molecule has 0 unspecified atom stereocenters. The molecule has 0 aliphatic carbocycles. The Morgan fingerprint density at radius 2 is 2.25 bits per heavy atom. The highest BCUT2D eigenvalue weighted by atomic mass is 16.5. The van der Waals surface area contributed by atoms with Crippen LogP contribution in [-0.4, -0.2) is 34.3 Å². The number of hydrogen-bond donors (Lipinski definition) is 2. The van der Waals surface area contributed by atoms with Crippen LogP contribution in [0.3, 0.4) is 0 Å². The molecule has 1 heterocycles. The van der Waals surface area contributed by atoms with Gasteiger partial charge < -0.3 is 14.9 Å². The predicted octanol–water partition coefficient (Wildman–Crippen LogP) is 0.621. The Labute approximate surface area is 94.0 Å². The number of nitrogens with one attached hydrogen (secondary N) is 1. The van der Waals surface area contributed by atoms with Crippen LogP contribution in [0.15, 0.2) is 4.52 Å². The summed E-state index contributed by atoms with van der Waals surface area (Å²) in [4.78, 5) is 14.9. The highest BCUT2D eigenvalue weighted by Gasteiger charge is 2.26. The Kier molecular flexibility index (Phi) is 4.00. The van der Waals surface area contributed by atoms with E-state index in [0.29, 0.717) is 31.2 Å². The minimum absolute atomic E-state index is 0.416. The first-order chi connectivity index (χ1) is 7.42. The summed E-state index contributed by atoms with van der Waals surface area (Å²) < 4.78 is 4.82. The van der Waals surface area contributed by atoms with E-state index in [2.05, 4.69) is 15.5 Å². The van der Waals surface area contributed by atoms with E-state index in [-0.39, 0.29) is 0 Å². The summed E-state index contributed by atoms with van der Waals surface area (Å²) >= 11 is 0. The van der Waals surface area contributed by atoms with Gasteiger partial charge in [-0.1, -0.05) is 5.16 Å². The molecule has 0 atom stereocenters.